The van der Waals surface area contributed by atoms with Gasteiger partial charge >= 0.3 is 11.9 Å². The molecule has 4 heterocycles. The van der Waals surface area contributed by atoms with Gasteiger partial charge in [-0.1, -0.05) is 50.8 Å². The van der Waals surface area contributed by atoms with Crippen LogP contribution in [0.3, 0.4) is 0 Å². The van der Waals surface area contributed by atoms with Crippen molar-refractivity contribution in [2.45, 2.75) is 77.0 Å². The number of carbonyl (C=O) groups is 2. The first-order valence-electron chi connectivity index (χ1n) is 13.4. The van der Waals surface area contributed by atoms with Gasteiger partial charge in [-0.15, -0.1) is 0 Å². The molecule has 3 aromatic rings. The molecule has 38 heavy (non-hydrogen) atoms. The van der Waals surface area contributed by atoms with Gasteiger partial charge in [-0.2, -0.15) is 0 Å². The van der Waals surface area contributed by atoms with E-state index in [0.717, 1.165) is 34.6 Å². The first-order chi connectivity index (χ1) is 18.1. The largest absolute Gasteiger partial charge is 0.457 e. The van der Waals surface area contributed by atoms with Gasteiger partial charge in [0, 0.05) is 31.0 Å². The SMILES string of the molecule is CCC1(OC(=O)CCCN)C(=O)OCc2c1cc1n(c2=O)Cc2c-1nc1ccccc1c2CC[Si](C)(C)C. The summed E-state index contributed by atoms with van der Waals surface area (Å²) in [5.74, 6) is -1.20. The van der Waals surface area contributed by atoms with Gasteiger partial charge in [-0.05, 0) is 43.5 Å². The molecular weight excluding hydrogens is 498 g/mol. The van der Waals surface area contributed by atoms with Crippen molar-refractivity contribution in [3.8, 4) is 11.4 Å². The lowest BCUT2D eigenvalue weighted by atomic mass is 9.85. The van der Waals surface area contributed by atoms with Crippen molar-refractivity contribution in [3.63, 3.8) is 0 Å². The molecule has 2 aromatic heterocycles. The Kier molecular flexibility index (Phi) is 6.77. The van der Waals surface area contributed by atoms with Crippen LogP contribution in [0.4, 0.5) is 0 Å². The van der Waals surface area contributed by atoms with E-state index in [9.17, 15) is 14.4 Å². The summed E-state index contributed by atoms with van der Waals surface area (Å²) in [5.41, 5.74) is 8.97. The van der Waals surface area contributed by atoms with E-state index in [1.165, 1.54) is 5.56 Å². The average molecular weight is 534 g/mol. The third-order valence-corrected chi connectivity index (χ3v) is 9.43. The van der Waals surface area contributed by atoms with Gasteiger partial charge in [-0.25, -0.2) is 9.78 Å². The Morgan fingerprint density at radius 3 is 2.68 bits per heavy atom. The Labute approximate surface area is 223 Å². The summed E-state index contributed by atoms with van der Waals surface area (Å²) in [7, 11) is -1.33. The van der Waals surface area contributed by atoms with Crippen molar-refractivity contribution in [1.82, 2.24) is 9.55 Å². The number of hydrogen-bond acceptors (Lipinski definition) is 7. The zero-order chi connectivity index (χ0) is 27.2. The number of hydrogen-bond donors (Lipinski definition) is 1. The van der Waals surface area contributed by atoms with E-state index in [2.05, 4.69) is 25.7 Å². The van der Waals surface area contributed by atoms with Gasteiger partial charge in [0.2, 0.25) is 5.60 Å². The highest BCUT2D eigenvalue weighted by Gasteiger charge is 2.50. The monoisotopic (exact) mass is 533 g/mol. The van der Waals surface area contributed by atoms with Crippen molar-refractivity contribution >= 4 is 30.9 Å². The van der Waals surface area contributed by atoms with E-state index >= 15 is 0 Å². The standard InChI is InChI=1S/C29H35N3O5Si/c1-5-29(37-25(33)11-8-13-30)22-15-24-26-20(16-32(24)27(34)21(22)17-36-28(29)35)18(12-14-38(2,3)4)19-9-6-7-10-23(19)31-26/h6-7,9-10,15H,5,8,11-14,16-17,30H2,1-4H3. The molecule has 1 aromatic carbocycles. The normalized spacial score (nSPS) is 18.1. The van der Waals surface area contributed by atoms with E-state index < -0.39 is 25.6 Å². The first-order valence-corrected chi connectivity index (χ1v) is 17.1. The number of nitrogens with zero attached hydrogens (tertiary/aromatic N) is 2. The maximum atomic E-state index is 13.9. The Hall–Kier alpha value is -3.30. The van der Waals surface area contributed by atoms with Crippen LogP contribution in [0, 0.1) is 0 Å². The van der Waals surface area contributed by atoms with Crippen molar-refractivity contribution in [1.29, 1.82) is 0 Å². The summed E-state index contributed by atoms with van der Waals surface area (Å²) in [6.45, 7) is 9.44. The van der Waals surface area contributed by atoms with Crippen LogP contribution in [-0.4, -0.2) is 36.1 Å². The van der Waals surface area contributed by atoms with Crippen molar-refractivity contribution in [2.24, 2.45) is 5.73 Å². The molecule has 1 unspecified atom stereocenters. The van der Waals surface area contributed by atoms with E-state index in [0.29, 0.717) is 36.3 Å². The molecule has 0 bridgehead atoms. The van der Waals surface area contributed by atoms with E-state index in [1.807, 2.05) is 24.3 Å². The Bertz CT molecular complexity index is 1510. The van der Waals surface area contributed by atoms with Gasteiger partial charge in [0.1, 0.15) is 6.61 Å². The Morgan fingerprint density at radius 2 is 1.97 bits per heavy atom. The summed E-state index contributed by atoms with van der Waals surface area (Å²) >= 11 is 0. The van der Waals surface area contributed by atoms with Crippen LogP contribution in [-0.2, 0) is 44.2 Å². The number of cyclic esters (lactones) is 1. The number of esters is 2. The van der Waals surface area contributed by atoms with Gasteiger partial charge < -0.3 is 19.8 Å². The number of aromatic nitrogens is 2. The summed E-state index contributed by atoms with van der Waals surface area (Å²) in [6.07, 6.45) is 1.60. The highest BCUT2D eigenvalue weighted by atomic mass is 28.3. The number of nitrogens with two attached hydrogens (primary N) is 1. The molecule has 5 rings (SSSR count). The smallest absolute Gasteiger partial charge is 0.355 e. The lowest BCUT2D eigenvalue weighted by Gasteiger charge is -2.35. The van der Waals surface area contributed by atoms with Crippen molar-refractivity contribution in [3.05, 3.63) is 62.9 Å². The molecule has 0 spiro atoms. The molecule has 0 amide bonds. The number of rotatable bonds is 8. The third-order valence-electron chi connectivity index (χ3n) is 7.68. The number of para-hydroxylation sites is 1. The fraction of sp³-hybridized carbons (Fsp3) is 0.448. The summed E-state index contributed by atoms with van der Waals surface area (Å²) in [6, 6.07) is 11.0. The van der Waals surface area contributed by atoms with Crippen LogP contribution in [0.1, 0.15) is 48.4 Å². The van der Waals surface area contributed by atoms with E-state index in [1.54, 1.807) is 11.5 Å². The second-order valence-corrected chi connectivity index (χ2v) is 17.1. The Balaban J connectivity index is 1.69. The molecule has 0 radical (unpaired) electrons. The lowest BCUT2D eigenvalue weighted by molar-refractivity contribution is -0.189. The molecule has 0 aliphatic carbocycles. The number of aryl methyl sites for hydroxylation is 1. The lowest BCUT2D eigenvalue weighted by Crippen LogP contribution is -2.47. The number of pyridine rings is 2. The van der Waals surface area contributed by atoms with Crippen LogP contribution in [0.5, 0.6) is 0 Å². The number of benzene rings is 1. The molecular formula is C29H35N3O5Si. The first kappa shape index (κ1) is 26.3. The second kappa shape index (κ2) is 9.78. The average Bonchev–Trinajstić information content (AvgIpc) is 3.25. The summed E-state index contributed by atoms with van der Waals surface area (Å²) in [5, 5.41) is 1.12. The minimum Gasteiger partial charge on any atom is -0.457 e. The minimum absolute atomic E-state index is 0.0849. The zero-order valence-corrected chi connectivity index (χ0v) is 23.6. The molecule has 200 valence electrons. The molecule has 0 fully saturated rings. The number of ether oxygens (including phenoxy) is 2. The zero-order valence-electron chi connectivity index (χ0n) is 22.6. The summed E-state index contributed by atoms with van der Waals surface area (Å²) < 4.78 is 13.0. The topological polar surface area (TPSA) is 114 Å². The van der Waals surface area contributed by atoms with Gasteiger partial charge in [0.25, 0.3) is 5.56 Å². The highest BCUT2D eigenvalue weighted by Crippen LogP contribution is 2.42. The molecule has 8 nitrogen and oxygen atoms in total. The van der Waals surface area contributed by atoms with Crippen LogP contribution < -0.4 is 11.3 Å². The molecule has 0 saturated carbocycles. The predicted octanol–water partition coefficient (Wildman–Crippen LogP) is 4.25. The number of carbonyl (C=O) groups excluding carboxylic acids is 2. The van der Waals surface area contributed by atoms with Gasteiger partial charge in [0.05, 0.1) is 29.0 Å². The molecule has 2 aliphatic rings. The van der Waals surface area contributed by atoms with Crippen molar-refractivity contribution < 1.29 is 19.1 Å². The van der Waals surface area contributed by atoms with E-state index in [-0.39, 0.29) is 25.0 Å². The second-order valence-electron chi connectivity index (χ2n) is 11.4. The maximum Gasteiger partial charge on any atom is 0.355 e. The molecule has 9 heteroatoms. The summed E-state index contributed by atoms with van der Waals surface area (Å²) in [4.78, 5) is 44.7. The molecule has 0 saturated heterocycles. The van der Waals surface area contributed by atoms with Gasteiger partial charge in [-0.3, -0.25) is 9.59 Å². The maximum absolute atomic E-state index is 13.9. The molecule has 1 atom stereocenters. The minimum atomic E-state index is -1.67. The highest BCUT2D eigenvalue weighted by molar-refractivity contribution is 6.76. The predicted molar refractivity (Wildman–Crippen MR) is 149 cm³/mol. The molecule has 2 aliphatic heterocycles. The van der Waals surface area contributed by atoms with Gasteiger partial charge in [0.15, 0.2) is 0 Å². The van der Waals surface area contributed by atoms with E-state index in [4.69, 9.17) is 20.2 Å². The van der Waals surface area contributed by atoms with Crippen molar-refractivity contribution in [2.75, 3.05) is 6.54 Å². The van der Waals surface area contributed by atoms with Crippen LogP contribution in [0.15, 0.2) is 35.1 Å². The fourth-order valence-electron chi connectivity index (χ4n) is 5.55. The van der Waals surface area contributed by atoms with Crippen LogP contribution in [0.25, 0.3) is 22.3 Å². The van der Waals surface area contributed by atoms with Crippen LogP contribution >= 0.6 is 0 Å². The number of fused-ring (bicyclic) bond motifs is 5. The third kappa shape index (κ3) is 4.37. The fourth-order valence-corrected chi connectivity index (χ4v) is 6.55. The quantitative estimate of drug-likeness (QED) is 0.266. The Morgan fingerprint density at radius 1 is 1.21 bits per heavy atom. The molecule has 2 N–H and O–H groups in total. The van der Waals surface area contributed by atoms with Crippen LogP contribution in [0.2, 0.25) is 25.7 Å².